The Labute approximate surface area is 68.5 Å². The molecule has 10 heavy (non-hydrogen) atoms. The maximum absolute atomic E-state index is 5.45. The molecule has 0 N–H and O–H groups in total. The van der Waals surface area contributed by atoms with Gasteiger partial charge in [0.1, 0.15) is 5.44 Å². The molecular formula is C8H18OS. The molecule has 1 saturated heterocycles. The van der Waals surface area contributed by atoms with Crippen LogP contribution in [0, 0.1) is 0 Å². The van der Waals surface area contributed by atoms with E-state index in [0.29, 0.717) is 11.5 Å². The predicted octanol–water partition coefficient (Wildman–Crippen LogP) is 2.90. The summed E-state index contributed by atoms with van der Waals surface area (Å²) in [5, 5.41) is 0. The van der Waals surface area contributed by atoms with Crippen LogP contribution in [0.15, 0.2) is 0 Å². The van der Waals surface area contributed by atoms with E-state index in [1.54, 1.807) is 0 Å². The van der Waals surface area contributed by atoms with Gasteiger partial charge in [-0.25, -0.2) is 0 Å². The Balaban J connectivity index is 0.000000371. The fourth-order valence-corrected chi connectivity index (χ4v) is 1.90. The Hall–Kier alpha value is 0.310. The third kappa shape index (κ3) is 4.18. The highest BCUT2D eigenvalue weighted by molar-refractivity contribution is 7.99. The topological polar surface area (TPSA) is 9.23 Å². The van der Waals surface area contributed by atoms with Crippen LogP contribution in [0.2, 0.25) is 0 Å². The van der Waals surface area contributed by atoms with Gasteiger partial charge in [-0.05, 0) is 26.0 Å². The van der Waals surface area contributed by atoms with E-state index < -0.39 is 0 Å². The summed E-state index contributed by atoms with van der Waals surface area (Å²) in [4.78, 5) is 0. The summed E-state index contributed by atoms with van der Waals surface area (Å²) in [7, 11) is 0. The first-order valence-electron chi connectivity index (χ1n) is 4.06. The second-order valence-corrected chi connectivity index (χ2v) is 3.58. The van der Waals surface area contributed by atoms with Crippen LogP contribution in [-0.2, 0) is 4.74 Å². The van der Waals surface area contributed by atoms with Crippen molar-refractivity contribution in [3.05, 3.63) is 0 Å². The zero-order valence-electron chi connectivity index (χ0n) is 7.39. The minimum atomic E-state index is 0.429. The van der Waals surface area contributed by atoms with Crippen molar-refractivity contribution in [2.75, 3.05) is 5.75 Å². The molecule has 0 aromatic heterocycles. The summed E-state index contributed by atoms with van der Waals surface area (Å²) in [6.45, 7) is 8.25. The van der Waals surface area contributed by atoms with Crippen LogP contribution in [0.3, 0.4) is 0 Å². The molecule has 1 fully saturated rings. The lowest BCUT2D eigenvalue weighted by atomic mass is 10.3. The summed E-state index contributed by atoms with van der Waals surface area (Å²) in [6.07, 6.45) is 1.71. The first kappa shape index (κ1) is 10.3. The van der Waals surface area contributed by atoms with Gasteiger partial charge < -0.3 is 4.74 Å². The standard InChI is InChI=1S/C6H12OS.C2H6/c1-5-3-4-8-6(2)7-5;1-2/h5-6H,3-4H2,1-2H3;1-2H3. The highest BCUT2D eigenvalue weighted by Crippen LogP contribution is 2.22. The van der Waals surface area contributed by atoms with Crippen molar-refractivity contribution in [2.45, 2.75) is 45.7 Å². The highest BCUT2D eigenvalue weighted by atomic mass is 32.2. The zero-order valence-corrected chi connectivity index (χ0v) is 8.20. The molecule has 0 aromatic rings. The number of hydrogen-bond acceptors (Lipinski definition) is 2. The summed E-state index contributed by atoms with van der Waals surface area (Å²) in [5.41, 5.74) is 0.429. The summed E-state index contributed by atoms with van der Waals surface area (Å²) in [5.74, 6) is 1.27. The molecule has 0 bridgehead atoms. The van der Waals surface area contributed by atoms with Crippen molar-refractivity contribution in [3.63, 3.8) is 0 Å². The molecule has 0 amide bonds. The maximum Gasteiger partial charge on any atom is 0.100 e. The van der Waals surface area contributed by atoms with E-state index in [9.17, 15) is 0 Å². The second kappa shape index (κ2) is 6.05. The van der Waals surface area contributed by atoms with E-state index in [-0.39, 0.29) is 0 Å². The summed E-state index contributed by atoms with van der Waals surface area (Å²) >= 11 is 1.90. The highest BCUT2D eigenvalue weighted by Gasteiger charge is 2.14. The lowest BCUT2D eigenvalue weighted by Gasteiger charge is -2.23. The van der Waals surface area contributed by atoms with E-state index >= 15 is 0 Å². The van der Waals surface area contributed by atoms with Crippen molar-refractivity contribution in [1.82, 2.24) is 0 Å². The molecule has 0 aromatic carbocycles. The Bertz CT molecular complexity index is 67.7. The minimum absolute atomic E-state index is 0.429. The minimum Gasteiger partial charge on any atom is -0.365 e. The van der Waals surface area contributed by atoms with Gasteiger partial charge in [-0.2, -0.15) is 0 Å². The lowest BCUT2D eigenvalue weighted by Crippen LogP contribution is -2.20. The number of thioether (sulfide) groups is 1. The van der Waals surface area contributed by atoms with Crippen molar-refractivity contribution in [1.29, 1.82) is 0 Å². The van der Waals surface area contributed by atoms with Crippen molar-refractivity contribution in [3.8, 4) is 0 Å². The van der Waals surface area contributed by atoms with E-state index in [1.165, 1.54) is 12.2 Å². The zero-order chi connectivity index (χ0) is 7.98. The fraction of sp³-hybridized carbons (Fsp3) is 1.00. The number of rotatable bonds is 0. The van der Waals surface area contributed by atoms with Gasteiger partial charge in [-0.1, -0.05) is 13.8 Å². The second-order valence-electron chi connectivity index (χ2n) is 2.17. The summed E-state index contributed by atoms with van der Waals surface area (Å²) < 4.78 is 5.45. The molecule has 62 valence electrons. The number of hydrogen-bond donors (Lipinski definition) is 0. The van der Waals surface area contributed by atoms with Gasteiger partial charge in [0.2, 0.25) is 0 Å². The smallest absolute Gasteiger partial charge is 0.100 e. The normalized spacial score (nSPS) is 32.4. The first-order valence-corrected chi connectivity index (χ1v) is 5.11. The average molecular weight is 162 g/mol. The van der Waals surface area contributed by atoms with Crippen LogP contribution in [0.4, 0.5) is 0 Å². The van der Waals surface area contributed by atoms with Crippen LogP contribution >= 0.6 is 11.8 Å². The van der Waals surface area contributed by atoms with E-state index in [1.807, 2.05) is 25.6 Å². The van der Waals surface area contributed by atoms with Crippen LogP contribution in [0.25, 0.3) is 0 Å². The van der Waals surface area contributed by atoms with E-state index in [2.05, 4.69) is 13.8 Å². The molecular weight excluding hydrogens is 144 g/mol. The Morgan fingerprint density at radius 1 is 1.30 bits per heavy atom. The Morgan fingerprint density at radius 2 is 1.90 bits per heavy atom. The van der Waals surface area contributed by atoms with Crippen LogP contribution < -0.4 is 0 Å². The Kier molecular flexibility index (Phi) is 6.24. The van der Waals surface area contributed by atoms with Gasteiger partial charge in [-0.15, -0.1) is 11.8 Å². The third-order valence-corrected chi connectivity index (χ3v) is 2.35. The van der Waals surface area contributed by atoms with Crippen LogP contribution in [-0.4, -0.2) is 17.3 Å². The molecule has 1 aliphatic rings. The van der Waals surface area contributed by atoms with Crippen molar-refractivity contribution >= 4 is 11.8 Å². The quantitative estimate of drug-likeness (QED) is 0.541. The first-order chi connectivity index (χ1) is 4.79. The number of ether oxygens (including phenoxy) is 1. The molecule has 1 nitrogen and oxygen atoms in total. The average Bonchev–Trinajstić information content (AvgIpc) is 1.91. The van der Waals surface area contributed by atoms with Gasteiger partial charge in [0, 0.05) is 0 Å². The lowest BCUT2D eigenvalue weighted by molar-refractivity contribution is 0.0474. The summed E-state index contributed by atoms with van der Waals surface area (Å²) in [6, 6.07) is 0. The SMILES string of the molecule is CC.CC1CCSC(C)O1. The monoisotopic (exact) mass is 162 g/mol. The van der Waals surface area contributed by atoms with Gasteiger partial charge in [0.25, 0.3) is 0 Å². The van der Waals surface area contributed by atoms with Crippen LogP contribution in [0.1, 0.15) is 34.1 Å². The van der Waals surface area contributed by atoms with Crippen molar-refractivity contribution < 1.29 is 4.74 Å². The largest absolute Gasteiger partial charge is 0.365 e. The predicted molar refractivity (Wildman–Crippen MR) is 48.4 cm³/mol. The van der Waals surface area contributed by atoms with Crippen molar-refractivity contribution in [2.24, 2.45) is 0 Å². The molecule has 2 unspecified atom stereocenters. The van der Waals surface area contributed by atoms with Gasteiger partial charge in [-0.3, -0.25) is 0 Å². The molecule has 1 rings (SSSR count). The molecule has 2 heteroatoms. The molecule has 2 atom stereocenters. The molecule has 0 aliphatic carbocycles. The molecule has 0 spiro atoms. The molecule has 0 radical (unpaired) electrons. The van der Waals surface area contributed by atoms with Gasteiger partial charge in [0.15, 0.2) is 0 Å². The van der Waals surface area contributed by atoms with Crippen LogP contribution in [0.5, 0.6) is 0 Å². The Morgan fingerprint density at radius 3 is 2.20 bits per heavy atom. The molecule has 1 heterocycles. The van der Waals surface area contributed by atoms with E-state index in [4.69, 9.17) is 4.74 Å². The molecule has 0 saturated carbocycles. The maximum atomic E-state index is 5.45. The van der Waals surface area contributed by atoms with Gasteiger partial charge in [0.05, 0.1) is 6.10 Å². The van der Waals surface area contributed by atoms with Gasteiger partial charge >= 0.3 is 0 Å². The van der Waals surface area contributed by atoms with E-state index in [0.717, 1.165) is 0 Å². The third-order valence-electron chi connectivity index (χ3n) is 1.30. The fourth-order valence-electron chi connectivity index (χ4n) is 0.834. The molecule has 1 aliphatic heterocycles.